The molecule has 216 valence electrons. The van der Waals surface area contributed by atoms with E-state index in [1.54, 1.807) is 35.6 Å². The van der Waals surface area contributed by atoms with Crippen molar-refractivity contribution in [2.24, 2.45) is 0 Å². The fourth-order valence-electron chi connectivity index (χ4n) is 4.50. The zero-order valence-electron chi connectivity index (χ0n) is 22.6. The molecule has 0 saturated heterocycles. The molecule has 4 N–H and O–H groups in total. The monoisotopic (exact) mass is 594 g/mol. The highest BCUT2D eigenvalue weighted by atomic mass is 32.1. The first kappa shape index (κ1) is 28.8. The molecule has 7 nitrogen and oxygen atoms in total. The first-order chi connectivity index (χ1) is 20.0. The molecule has 5 rings (SSSR count). The van der Waals surface area contributed by atoms with E-state index >= 15 is 0 Å². The van der Waals surface area contributed by atoms with Crippen molar-refractivity contribution in [3.05, 3.63) is 94.9 Å². The number of nitrogens with zero attached hydrogens (tertiary/aromatic N) is 3. The number of alkyl halides is 3. The first-order valence-electron chi connectivity index (χ1n) is 12.8. The second-order valence-electron chi connectivity index (χ2n) is 9.75. The van der Waals surface area contributed by atoms with E-state index in [0.717, 1.165) is 44.7 Å². The van der Waals surface area contributed by atoms with Crippen LogP contribution in [0.3, 0.4) is 0 Å². The lowest BCUT2D eigenvalue weighted by Crippen LogP contribution is -2.20. The van der Waals surface area contributed by atoms with E-state index in [1.165, 1.54) is 11.9 Å². The molecule has 0 fully saturated rings. The lowest BCUT2D eigenvalue weighted by molar-refractivity contribution is -0.137. The number of nitrogen functional groups attached to an aromatic ring is 1. The minimum atomic E-state index is -4.67. The van der Waals surface area contributed by atoms with Crippen molar-refractivity contribution < 1.29 is 22.4 Å². The SMILES string of the molecule is CN(C)c1ccc(CCc2sc3ncnc(N)c3c2-c2ccc(NC(=O)Nc3cc(C(F)(F)F)ccc3F)cc2)cc1. The number of benzene rings is 3. The van der Waals surface area contributed by atoms with Gasteiger partial charge in [-0.3, -0.25) is 0 Å². The topological polar surface area (TPSA) is 96.2 Å². The van der Waals surface area contributed by atoms with Crippen LogP contribution >= 0.6 is 11.3 Å². The van der Waals surface area contributed by atoms with Gasteiger partial charge in [-0.25, -0.2) is 19.2 Å². The second kappa shape index (κ2) is 11.6. The summed E-state index contributed by atoms with van der Waals surface area (Å²) in [6.45, 7) is 0. The normalized spacial score (nSPS) is 11.5. The number of fused-ring (bicyclic) bond motifs is 1. The van der Waals surface area contributed by atoms with Gasteiger partial charge in [0, 0.05) is 35.9 Å². The number of carbonyl (C=O) groups excluding carboxylic acids is 1. The third kappa shape index (κ3) is 6.28. The van der Waals surface area contributed by atoms with Gasteiger partial charge in [-0.05, 0) is 66.4 Å². The number of hydrogen-bond donors (Lipinski definition) is 3. The summed E-state index contributed by atoms with van der Waals surface area (Å²) in [5.41, 5.74) is 9.00. The maximum atomic E-state index is 14.1. The smallest absolute Gasteiger partial charge is 0.383 e. The highest BCUT2D eigenvalue weighted by Gasteiger charge is 2.31. The Morgan fingerprint density at radius 1 is 0.952 bits per heavy atom. The summed E-state index contributed by atoms with van der Waals surface area (Å²) in [5, 5.41) is 5.41. The second-order valence-corrected chi connectivity index (χ2v) is 10.8. The van der Waals surface area contributed by atoms with Crippen LogP contribution in [-0.4, -0.2) is 30.1 Å². The van der Waals surface area contributed by atoms with Gasteiger partial charge in [0.1, 0.15) is 22.8 Å². The Hall–Kier alpha value is -4.71. The molecule has 0 atom stereocenters. The molecular formula is C30H26F4N6OS. The zero-order valence-corrected chi connectivity index (χ0v) is 23.4. The maximum Gasteiger partial charge on any atom is 0.416 e. The van der Waals surface area contributed by atoms with Gasteiger partial charge in [0.15, 0.2) is 0 Å². The van der Waals surface area contributed by atoms with E-state index in [4.69, 9.17) is 5.73 Å². The summed E-state index contributed by atoms with van der Waals surface area (Å²) in [4.78, 5) is 24.9. The van der Waals surface area contributed by atoms with Gasteiger partial charge in [-0.15, -0.1) is 11.3 Å². The van der Waals surface area contributed by atoms with Crippen LogP contribution in [0.1, 0.15) is 16.0 Å². The lowest BCUT2D eigenvalue weighted by Gasteiger charge is -2.13. The number of amides is 2. The number of nitrogens with two attached hydrogens (primary N) is 1. The summed E-state index contributed by atoms with van der Waals surface area (Å²) in [5.74, 6) is -0.628. The molecule has 0 bridgehead atoms. The van der Waals surface area contributed by atoms with Crippen molar-refractivity contribution >= 4 is 50.5 Å². The number of carbonyl (C=O) groups is 1. The Morgan fingerprint density at radius 3 is 2.33 bits per heavy atom. The minimum Gasteiger partial charge on any atom is -0.383 e. The Labute approximate surface area is 243 Å². The van der Waals surface area contributed by atoms with Gasteiger partial charge >= 0.3 is 12.2 Å². The lowest BCUT2D eigenvalue weighted by atomic mass is 9.99. The molecule has 0 aliphatic heterocycles. The summed E-state index contributed by atoms with van der Waals surface area (Å²) in [6.07, 6.45) is -1.71. The summed E-state index contributed by atoms with van der Waals surface area (Å²) in [6, 6.07) is 16.2. The number of aryl methyl sites for hydroxylation is 2. The Bertz CT molecular complexity index is 1730. The van der Waals surface area contributed by atoms with Crippen LogP contribution in [0.15, 0.2) is 73.1 Å². The van der Waals surface area contributed by atoms with Crippen LogP contribution in [-0.2, 0) is 19.0 Å². The number of hydrogen-bond acceptors (Lipinski definition) is 6. The van der Waals surface area contributed by atoms with Gasteiger partial charge in [-0.2, -0.15) is 13.2 Å². The fraction of sp³-hybridized carbons (Fsp3) is 0.167. The standard InChI is InChI=1S/C30H26F4N6OS/c1-40(2)21-11-3-17(4-12-21)5-14-24-25(26-27(35)36-16-37-28(26)42-24)18-6-9-20(10-7-18)38-29(41)39-23-15-19(30(32,33)34)8-13-22(23)31/h3-4,6-13,15-16H,5,14H2,1-2H3,(H2,35,36,37)(H2,38,39,41). The molecule has 0 aliphatic carbocycles. The first-order valence-corrected chi connectivity index (χ1v) is 13.6. The van der Waals surface area contributed by atoms with Crippen LogP contribution in [0.5, 0.6) is 0 Å². The highest BCUT2D eigenvalue weighted by molar-refractivity contribution is 7.19. The predicted octanol–water partition coefficient (Wildman–Crippen LogP) is 7.59. The average molecular weight is 595 g/mol. The van der Waals surface area contributed by atoms with E-state index in [9.17, 15) is 22.4 Å². The Morgan fingerprint density at radius 2 is 1.67 bits per heavy atom. The summed E-state index contributed by atoms with van der Waals surface area (Å²) >= 11 is 1.55. The number of urea groups is 1. The van der Waals surface area contributed by atoms with E-state index in [2.05, 4.69) is 44.9 Å². The average Bonchev–Trinajstić information content (AvgIpc) is 3.33. The molecule has 3 aromatic carbocycles. The highest BCUT2D eigenvalue weighted by Crippen LogP contribution is 2.41. The predicted molar refractivity (Wildman–Crippen MR) is 159 cm³/mol. The fourth-order valence-corrected chi connectivity index (χ4v) is 5.67. The van der Waals surface area contributed by atoms with Gasteiger partial charge in [-0.1, -0.05) is 24.3 Å². The minimum absolute atomic E-state index is 0.356. The van der Waals surface area contributed by atoms with Gasteiger partial charge in [0.25, 0.3) is 0 Å². The summed E-state index contributed by atoms with van der Waals surface area (Å²) < 4.78 is 53.0. The molecule has 12 heteroatoms. The van der Waals surface area contributed by atoms with Gasteiger partial charge in [0.2, 0.25) is 0 Å². The van der Waals surface area contributed by atoms with Crippen LogP contribution in [0.2, 0.25) is 0 Å². The van der Waals surface area contributed by atoms with Crippen LogP contribution < -0.4 is 21.3 Å². The molecule has 42 heavy (non-hydrogen) atoms. The maximum absolute atomic E-state index is 14.1. The van der Waals surface area contributed by atoms with Crippen molar-refractivity contribution in [1.29, 1.82) is 0 Å². The third-order valence-corrected chi connectivity index (χ3v) is 7.81. The Balaban J connectivity index is 1.36. The number of halogens is 4. The molecule has 5 aromatic rings. The molecule has 0 saturated carbocycles. The quantitative estimate of drug-likeness (QED) is 0.169. The van der Waals surface area contributed by atoms with E-state index in [-0.39, 0.29) is 0 Å². The number of nitrogens with one attached hydrogen (secondary N) is 2. The number of rotatable bonds is 7. The van der Waals surface area contributed by atoms with E-state index in [1.807, 2.05) is 19.0 Å². The molecule has 0 unspecified atom stereocenters. The number of thiophene rings is 1. The molecular weight excluding hydrogens is 568 g/mol. The third-order valence-electron chi connectivity index (χ3n) is 6.66. The Kier molecular flexibility index (Phi) is 7.99. The largest absolute Gasteiger partial charge is 0.416 e. The van der Waals surface area contributed by atoms with Gasteiger partial charge in [0.05, 0.1) is 16.6 Å². The van der Waals surface area contributed by atoms with Crippen molar-refractivity contribution in [2.75, 3.05) is 35.4 Å². The van der Waals surface area contributed by atoms with Crippen LogP contribution in [0.4, 0.5) is 45.2 Å². The van der Waals surface area contributed by atoms with Gasteiger partial charge < -0.3 is 21.3 Å². The van der Waals surface area contributed by atoms with Crippen LogP contribution in [0.25, 0.3) is 21.3 Å². The number of anilines is 4. The van der Waals surface area contributed by atoms with Crippen molar-refractivity contribution in [1.82, 2.24) is 9.97 Å². The summed E-state index contributed by atoms with van der Waals surface area (Å²) in [7, 11) is 3.99. The van der Waals surface area contributed by atoms with E-state index in [0.29, 0.717) is 29.7 Å². The van der Waals surface area contributed by atoms with Crippen molar-refractivity contribution in [2.45, 2.75) is 19.0 Å². The molecule has 2 aromatic heterocycles. The molecule has 0 spiro atoms. The van der Waals surface area contributed by atoms with E-state index < -0.39 is 29.3 Å². The van der Waals surface area contributed by atoms with Crippen LogP contribution in [0, 0.1) is 5.82 Å². The zero-order chi connectivity index (χ0) is 30.0. The molecule has 0 radical (unpaired) electrons. The molecule has 2 heterocycles. The molecule has 2 amide bonds. The number of aromatic nitrogens is 2. The van der Waals surface area contributed by atoms with Crippen molar-refractivity contribution in [3.63, 3.8) is 0 Å². The molecule has 0 aliphatic rings. The van der Waals surface area contributed by atoms with Crippen molar-refractivity contribution in [3.8, 4) is 11.1 Å².